The van der Waals surface area contributed by atoms with Crippen molar-refractivity contribution in [2.75, 3.05) is 19.6 Å². The average molecular weight is 484 g/mol. The van der Waals surface area contributed by atoms with E-state index in [0.29, 0.717) is 6.54 Å². The Morgan fingerprint density at radius 3 is 2.85 bits per heavy atom. The van der Waals surface area contributed by atoms with Crippen LogP contribution in [0.25, 0.3) is 11.0 Å². The predicted molar refractivity (Wildman–Crippen MR) is 119 cm³/mol. The van der Waals surface area contributed by atoms with Crippen LogP contribution >= 0.6 is 24.0 Å². The number of halogens is 1. The second-order valence-electron chi connectivity index (χ2n) is 7.01. The van der Waals surface area contributed by atoms with Gasteiger partial charge >= 0.3 is 0 Å². The molecule has 27 heavy (non-hydrogen) atoms. The number of hydrogen-bond acceptors (Lipinski definition) is 3. The van der Waals surface area contributed by atoms with Gasteiger partial charge in [0.15, 0.2) is 5.96 Å². The van der Waals surface area contributed by atoms with Gasteiger partial charge in [0.1, 0.15) is 17.9 Å². The molecule has 1 aliphatic rings. The van der Waals surface area contributed by atoms with E-state index < -0.39 is 0 Å². The molecule has 1 aromatic carbocycles. The summed E-state index contributed by atoms with van der Waals surface area (Å²) in [6.07, 6.45) is 0.938. The molecule has 1 saturated heterocycles. The molecule has 0 aliphatic carbocycles. The van der Waals surface area contributed by atoms with Crippen LogP contribution in [-0.4, -0.2) is 42.4 Å². The van der Waals surface area contributed by atoms with Crippen LogP contribution in [0.2, 0.25) is 0 Å². The molecule has 3 rings (SSSR count). The maximum Gasteiger partial charge on any atom is 0.225 e. The highest BCUT2D eigenvalue weighted by Gasteiger charge is 2.27. The number of furan rings is 1. The van der Waals surface area contributed by atoms with Gasteiger partial charge in [0.25, 0.3) is 0 Å². The van der Waals surface area contributed by atoms with Crippen molar-refractivity contribution in [3.05, 3.63) is 36.1 Å². The van der Waals surface area contributed by atoms with E-state index in [-0.39, 0.29) is 41.8 Å². The zero-order valence-corrected chi connectivity index (χ0v) is 18.5. The highest BCUT2D eigenvalue weighted by molar-refractivity contribution is 14.0. The molecule has 1 amide bonds. The number of carbonyl (C=O) groups is 1. The van der Waals surface area contributed by atoms with Crippen LogP contribution in [0.1, 0.15) is 33.0 Å². The second-order valence-corrected chi connectivity index (χ2v) is 7.01. The molecule has 6 nitrogen and oxygen atoms in total. The molecule has 1 unspecified atom stereocenters. The third-order valence-electron chi connectivity index (χ3n) is 4.55. The van der Waals surface area contributed by atoms with Crippen molar-refractivity contribution in [1.82, 2.24) is 15.5 Å². The lowest BCUT2D eigenvalue weighted by Crippen LogP contribution is -2.45. The monoisotopic (exact) mass is 484 g/mol. The van der Waals surface area contributed by atoms with Gasteiger partial charge in [0.05, 0.1) is 0 Å². The Morgan fingerprint density at radius 1 is 1.37 bits per heavy atom. The first kappa shape index (κ1) is 21.5. The molecule has 7 heteroatoms. The van der Waals surface area contributed by atoms with Crippen LogP contribution in [0.3, 0.4) is 0 Å². The second kappa shape index (κ2) is 9.96. The summed E-state index contributed by atoms with van der Waals surface area (Å²) in [4.78, 5) is 18.7. The number of carbonyl (C=O) groups excluding carboxylic acids is 1. The van der Waals surface area contributed by atoms with E-state index in [2.05, 4.69) is 15.6 Å². The predicted octanol–water partition coefficient (Wildman–Crippen LogP) is 3.36. The van der Waals surface area contributed by atoms with Crippen molar-refractivity contribution in [1.29, 1.82) is 0 Å². The number of para-hydroxylation sites is 1. The minimum absolute atomic E-state index is 0. The summed E-state index contributed by atoms with van der Waals surface area (Å²) in [6, 6.07) is 10.2. The van der Waals surface area contributed by atoms with Gasteiger partial charge in [-0.05, 0) is 25.5 Å². The average Bonchev–Trinajstić information content (AvgIpc) is 3.25. The number of nitrogens with zero attached hydrogens (tertiary/aromatic N) is 2. The topological polar surface area (TPSA) is 69.9 Å². The number of likely N-dealkylation sites (tertiary alicyclic amines) is 1. The number of aliphatic imine (C=N–C) groups is 1. The van der Waals surface area contributed by atoms with Crippen molar-refractivity contribution < 1.29 is 9.21 Å². The lowest BCUT2D eigenvalue weighted by Gasteiger charge is -2.20. The summed E-state index contributed by atoms with van der Waals surface area (Å²) >= 11 is 0. The minimum Gasteiger partial charge on any atom is -0.459 e. The molecule has 0 spiro atoms. The van der Waals surface area contributed by atoms with Gasteiger partial charge < -0.3 is 20.0 Å². The van der Waals surface area contributed by atoms with Gasteiger partial charge in [0.2, 0.25) is 5.91 Å². The highest BCUT2D eigenvalue weighted by atomic mass is 127. The number of benzene rings is 1. The Morgan fingerprint density at radius 2 is 2.15 bits per heavy atom. The number of rotatable bonds is 5. The smallest absolute Gasteiger partial charge is 0.225 e. The first-order valence-electron chi connectivity index (χ1n) is 9.38. The largest absolute Gasteiger partial charge is 0.459 e. The first-order chi connectivity index (χ1) is 12.6. The normalized spacial score (nSPS) is 17.3. The Kier molecular flexibility index (Phi) is 7.94. The number of guanidine groups is 1. The molecule has 1 aromatic heterocycles. The van der Waals surface area contributed by atoms with Crippen LogP contribution in [0.5, 0.6) is 0 Å². The van der Waals surface area contributed by atoms with E-state index in [1.165, 1.54) is 0 Å². The fraction of sp³-hybridized carbons (Fsp3) is 0.500. The molecule has 2 N–H and O–H groups in total. The summed E-state index contributed by atoms with van der Waals surface area (Å²) in [7, 11) is 0. The summed E-state index contributed by atoms with van der Waals surface area (Å²) in [5.41, 5.74) is 0.884. The minimum atomic E-state index is 0. The van der Waals surface area contributed by atoms with Crippen molar-refractivity contribution in [2.45, 2.75) is 39.8 Å². The highest BCUT2D eigenvalue weighted by Crippen LogP contribution is 2.19. The molecule has 1 fully saturated rings. The number of hydrogen-bond donors (Lipinski definition) is 2. The number of amides is 1. The summed E-state index contributed by atoms with van der Waals surface area (Å²) in [6.45, 7) is 8.73. The Balaban J connectivity index is 0.00000261. The Bertz CT molecular complexity index is 754. The van der Waals surface area contributed by atoms with Crippen LogP contribution in [0.4, 0.5) is 0 Å². The van der Waals surface area contributed by atoms with Crippen molar-refractivity contribution in [2.24, 2.45) is 10.9 Å². The quantitative estimate of drug-likeness (QED) is 0.388. The standard InChI is InChI=1S/C20H28N4O2.HI/c1-4-21-20(23-16-9-10-24(13-16)19(25)14(2)3)22-12-17-11-15-7-5-6-8-18(15)26-17;/h5-8,11,14,16H,4,9-10,12-13H2,1-3H3,(H2,21,22,23);1H. The summed E-state index contributed by atoms with van der Waals surface area (Å²) in [5, 5.41) is 7.81. The van der Waals surface area contributed by atoms with Gasteiger partial charge in [-0.2, -0.15) is 0 Å². The third kappa shape index (κ3) is 5.60. The van der Waals surface area contributed by atoms with E-state index in [0.717, 1.165) is 48.7 Å². The first-order valence-corrected chi connectivity index (χ1v) is 9.38. The fourth-order valence-corrected chi connectivity index (χ4v) is 3.23. The van der Waals surface area contributed by atoms with Crippen molar-refractivity contribution in [3.8, 4) is 0 Å². The summed E-state index contributed by atoms with van der Waals surface area (Å²) in [5.74, 6) is 1.87. The number of fused-ring (bicyclic) bond motifs is 1. The van der Waals surface area contributed by atoms with E-state index in [1.54, 1.807) is 0 Å². The van der Waals surface area contributed by atoms with Crippen molar-refractivity contribution in [3.63, 3.8) is 0 Å². The maximum atomic E-state index is 12.1. The molecule has 0 bridgehead atoms. The lowest BCUT2D eigenvalue weighted by molar-refractivity contribution is -0.133. The van der Waals surface area contributed by atoms with Gasteiger partial charge in [-0.1, -0.05) is 32.0 Å². The van der Waals surface area contributed by atoms with E-state index in [9.17, 15) is 4.79 Å². The molecule has 0 saturated carbocycles. The summed E-state index contributed by atoms with van der Waals surface area (Å²) < 4.78 is 5.83. The van der Waals surface area contributed by atoms with Gasteiger partial charge in [0, 0.05) is 37.0 Å². The Labute approximate surface area is 177 Å². The van der Waals surface area contributed by atoms with Crippen LogP contribution in [-0.2, 0) is 11.3 Å². The molecular weight excluding hydrogens is 455 g/mol. The molecule has 2 heterocycles. The molecular formula is C20H29IN4O2. The molecule has 2 aromatic rings. The van der Waals surface area contributed by atoms with Gasteiger partial charge in [-0.25, -0.2) is 4.99 Å². The maximum absolute atomic E-state index is 12.1. The molecule has 0 radical (unpaired) electrons. The SMILES string of the molecule is CCNC(=NCc1cc2ccccc2o1)NC1CCN(C(=O)C(C)C)C1.I. The third-order valence-corrected chi connectivity index (χ3v) is 4.55. The molecule has 1 atom stereocenters. The fourth-order valence-electron chi connectivity index (χ4n) is 3.23. The van der Waals surface area contributed by atoms with Crippen LogP contribution < -0.4 is 10.6 Å². The number of nitrogens with one attached hydrogen (secondary N) is 2. The zero-order chi connectivity index (χ0) is 18.5. The Hall–Kier alpha value is -1.77. The van der Waals surface area contributed by atoms with E-state index in [4.69, 9.17) is 4.42 Å². The van der Waals surface area contributed by atoms with Crippen molar-refractivity contribution >= 4 is 46.8 Å². The molecule has 1 aliphatic heterocycles. The lowest BCUT2D eigenvalue weighted by atomic mass is 10.2. The van der Waals surface area contributed by atoms with E-state index >= 15 is 0 Å². The van der Waals surface area contributed by atoms with Crippen LogP contribution in [0, 0.1) is 5.92 Å². The zero-order valence-electron chi connectivity index (χ0n) is 16.2. The van der Waals surface area contributed by atoms with Crippen LogP contribution in [0.15, 0.2) is 39.7 Å². The van der Waals surface area contributed by atoms with E-state index in [1.807, 2.05) is 56.0 Å². The van der Waals surface area contributed by atoms with Gasteiger partial charge in [-0.3, -0.25) is 4.79 Å². The van der Waals surface area contributed by atoms with Gasteiger partial charge in [-0.15, -0.1) is 24.0 Å². The molecule has 148 valence electrons.